The highest BCUT2D eigenvalue weighted by Crippen LogP contribution is 1.89. The molecule has 0 spiro atoms. The number of allylic oxidation sites excluding steroid dienone is 10. The zero-order chi connectivity index (χ0) is 10.5. The summed E-state index contributed by atoms with van der Waals surface area (Å²) in [6.45, 7) is 4.19. The van der Waals surface area contributed by atoms with Crippen molar-refractivity contribution in [1.29, 1.82) is 0 Å². The molecule has 0 aliphatic rings. The molecule has 0 aromatic rings. The number of hydrogen-bond acceptors (Lipinski definition) is 0. The van der Waals surface area contributed by atoms with E-state index in [0.29, 0.717) is 0 Å². The summed E-state index contributed by atoms with van der Waals surface area (Å²) >= 11 is 0. The first kappa shape index (κ1) is 12.7. The van der Waals surface area contributed by atoms with Crippen LogP contribution in [0.3, 0.4) is 0 Å². The van der Waals surface area contributed by atoms with Crippen molar-refractivity contribution in [2.45, 2.75) is 26.7 Å². The van der Waals surface area contributed by atoms with E-state index in [1.54, 1.807) is 0 Å². The van der Waals surface area contributed by atoms with E-state index in [2.05, 4.69) is 25.2 Å². The number of unbranched alkanes of at least 4 members (excludes halogenated alkanes) is 1. The van der Waals surface area contributed by atoms with Gasteiger partial charge in [0.1, 0.15) is 0 Å². The minimum atomic E-state index is 1.16. The first-order valence-electron chi connectivity index (χ1n) is 5.19. The summed E-state index contributed by atoms with van der Waals surface area (Å²) in [7, 11) is 0. The summed E-state index contributed by atoms with van der Waals surface area (Å²) in [5.74, 6) is 0. The lowest BCUT2D eigenvalue weighted by Gasteiger charge is -1.79. The Morgan fingerprint density at radius 1 is 0.714 bits per heavy atom. The van der Waals surface area contributed by atoms with Crippen LogP contribution in [-0.4, -0.2) is 0 Å². The molecule has 0 atom stereocenters. The van der Waals surface area contributed by atoms with Gasteiger partial charge in [-0.3, -0.25) is 0 Å². The van der Waals surface area contributed by atoms with Crippen LogP contribution < -0.4 is 0 Å². The molecule has 0 saturated heterocycles. The van der Waals surface area contributed by atoms with Crippen molar-refractivity contribution in [1.82, 2.24) is 0 Å². The molecule has 0 aromatic heterocycles. The number of hydrogen-bond donors (Lipinski definition) is 0. The van der Waals surface area contributed by atoms with Gasteiger partial charge in [0, 0.05) is 0 Å². The topological polar surface area (TPSA) is 0 Å². The predicted molar refractivity (Wildman–Crippen MR) is 66.3 cm³/mol. The molecule has 0 aliphatic heterocycles. The van der Waals surface area contributed by atoms with Crippen molar-refractivity contribution in [2.75, 3.05) is 0 Å². The Balaban J connectivity index is 3.60. The Labute approximate surface area is 88.0 Å². The van der Waals surface area contributed by atoms with Crippen molar-refractivity contribution in [3.8, 4) is 0 Å². The van der Waals surface area contributed by atoms with E-state index in [1.165, 1.54) is 6.42 Å². The maximum atomic E-state index is 2.18. The molecule has 0 fully saturated rings. The molecule has 0 saturated carbocycles. The fourth-order valence-corrected chi connectivity index (χ4v) is 0.837. The van der Waals surface area contributed by atoms with Crippen LogP contribution in [0.2, 0.25) is 0 Å². The minimum Gasteiger partial charge on any atom is -0.0877 e. The second-order valence-corrected chi connectivity index (χ2v) is 2.90. The van der Waals surface area contributed by atoms with Crippen LogP contribution in [0, 0.1) is 0 Å². The van der Waals surface area contributed by atoms with E-state index in [9.17, 15) is 0 Å². The normalized spacial score (nSPS) is 13.6. The molecule has 0 nitrogen and oxygen atoms in total. The highest BCUT2D eigenvalue weighted by atomic mass is 13.7. The Bertz CT molecular complexity index is 237. The second-order valence-electron chi connectivity index (χ2n) is 2.90. The zero-order valence-electron chi connectivity index (χ0n) is 9.19. The quantitative estimate of drug-likeness (QED) is 0.535. The van der Waals surface area contributed by atoms with Crippen LogP contribution in [0.25, 0.3) is 0 Å². The third kappa shape index (κ3) is 10.7. The van der Waals surface area contributed by atoms with Crippen molar-refractivity contribution in [2.24, 2.45) is 0 Å². The Morgan fingerprint density at radius 2 is 1.21 bits per heavy atom. The Hall–Kier alpha value is -1.30. The smallest absolute Gasteiger partial charge is 0.0350 e. The van der Waals surface area contributed by atoms with Crippen molar-refractivity contribution in [3.63, 3.8) is 0 Å². The monoisotopic (exact) mass is 188 g/mol. The largest absolute Gasteiger partial charge is 0.0877 e. The van der Waals surface area contributed by atoms with Crippen LogP contribution in [0.5, 0.6) is 0 Å². The lowest BCUT2D eigenvalue weighted by atomic mass is 10.3. The standard InChI is InChI=1S/C14H20/c1-3-5-7-9-11-13-14-12-10-8-6-4-2/h3,5,7-14H,4,6H2,1-2H3/b5-3+,9-7+,10-8+,13-11+,14-12+. The van der Waals surface area contributed by atoms with Gasteiger partial charge in [0.05, 0.1) is 0 Å². The zero-order valence-corrected chi connectivity index (χ0v) is 9.19. The fraction of sp³-hybridized carbons (Fsp3) is 0.286. The second kappa shape index (κ2) is 11.7. The summed E-state index contributed by atoms with van der Waals surface area (Å²) < 4.78 is 0. The van der Waals surface area contributed by atoms with Gasteiger partial charge in [-0.1, -0.05) is 74.1 Å². The fourth-order valence-electron chi connectivity index (χ4n) is 0.837. The SMILES string of the molecule is C/C=C/C=C/C=C/C=C/C=C/CCC. The molecule has 0 amide bonds. The summed E-state index contributed by atoms with van der Waals surface area (Å²) in [5.41, 5.74) is 0. The van der Waals surface area contributed by atoms with Gasteiger partial charge in [-0.05, 0) is 13.3 Å². The van der Waals surface area contributed by atoms with Gasteiger partial charge < -0.3 is 0 Å². The van der Waals surface area contributed by atoms with Gasteiger partial charge in [-0.15, -0.1) is 0 Å². The van der Waals surface area contributed by atoms with Crippen LogP contribution >= 0.6 is 0 Å². The first-order chi connectivity index (χ1) is 6.91. The van der Waals surface area contributed by atoms with Gasteiger partial charge in [-0.25, -0.2) is 0 Å². The van der Waals surface area contributed by atoms with Crippen LogP contribution in [0.1, 0.15) is 26.7 Å². The molecule has 0 N–H and O–H groups in total. The first-order valence-corrected chi connectivity index (χ1v) is 5.19. The van der Waals surface area contributed by atoms with Gasteiger partial charge in [0.25, 0.3) is 0 Å². The summed E-state index contributed by atoms with van der Waals surface area (Å²) in [5, 5.41) is 0. The molecule has 0 aliphatic carbocycles. The Kier molecular flexibility index (Phi) is 10.6. The maximum Gasteiger partial charge on any atom is -0.0350 e. The summed E-state index contributed by atoms with van der Waals surface area (Å²) in [4.78, 5) is 0. The van der Waals surface area contributed by atoms with E-state index in [-0.39, 0.29) is 0 Å². The third-order valence-corrected chi connectivity index (χ3v) is 1.56. The van der Waals surface area contributed by atoms with Crippen molar-refractivity contribution >= 4 is 0 Å². The van der Waals surface area contributed by atoms with Crippen LogP contribution in [0.4, 0.5) is 0 Å². The van der Waals surface area contributed by atoms with Gasteiger partial charge in [0.15, 0.2) is 0 Å². The van der Waals surface area contributed by atoms with Crippen molar-refractivity contribution < 1.29 is 0 Å². The van der Waals surface area contributed by atoms with Gasteiger partial charge in [-0.2, -0.15) is 0 Å². The molecule has 0 unspecified atom stereocenters. The van der Waals surface area contributed by atoms with Gasteiger partial charge >= 0.3 is 0 Å². The molecular weight excluding hydrogens is 168 g/mol. The summed E-state index contributed by atoms with van der Waals surface area (Å²) in [6.07, 6.45) is 22.8. The molecule has 0 bridgehead atoms. The molecule has 0 heterocycles. The molecule has 14 heavy (non-hydrogen) atoms. The third-order valence-electron chi connectivity index (χ3n) is 1.56. The van der Waals surface area contributed by atoms with E-state index in [4.69, 9.17) is 0 Å². The van der Waals surface area contributed by atoms with E-state index < -0.39 is 0 Å². The lowest BCUT2D eigenvalue weighted by molar-refractivity contribution is 0.959. The van der Waals surface area contributed by atoms with Crippen molar-refractivity contribution in [3.05, 3.63) is 60.8 Å². The van der Waals surface area contributed by atoms with E-state index in [1.807, 2.05) is 49.5 Å². The molecule has 0 heteroatoms. The van der Waals surface area contributed by atoms with E-state index >= 15 is 0 Å². The maximum absolute atomic E-state index is 2.18. The highest BCUT2D eigenvalue weighted by Gasteiger charge is 1.68. The minimum absolute atomic E-state index is 1.16. The van der Waals surface area contributed by atoms with Gasteiger partial charge in [0.2, 0.25) is 0 Å². The highest BCUT2D eigenvalue weighted by molar-refractivity contribution is 5.17. The predicted octanol–water partition coefficient (Wildman–Crippen LogP) is 4.59. The summed E-state index contributed by atoms with van der Waals surface area (Å²) in [6, 6.07) is 0. The average Bonchev–Trinajstić information content (AvgIpc) is 2.21. The lowest BCUT2D eigenvalue weighted by Crippen LogP contribution is -1.58. The Morgan fingerprint density at radius 3 is 1.71 bits per heavy atom. The molecule has 0 aromatic carbocycles. The molecular formula is C14H20. The number of rotatable bonds is 6. The molecule has 76 valence electrons. The van der Waals surface area contributed by atoms with Crippen LogP contribution in [0.15, 0.2) is 60.8 Å². The molecule has 0 radical (unpaired) electrons. The van der Waals surface area contributed by atoms with E-state index in [0.717, 1.165) is 6.42 Å². The average molecular weight is 188 g/mol. The molecule has 0 rings (SSSR count). The van der Waals surface area contributed by atoms with Crippen LogP contribution in [-0.2, 0) is 0 Å².